The maximum Gasteiger partial charge on any atom is 0.343 e. The Labute approximate surface area is 193 Å². The van der Waals surface area contributed by atoms with Crippen molar-refractivity contribution in [1.82, 2.24) is 19.4 Å². The molecule has 174 valence electrons. The Kier molecular flexibility index (Phi) is 5.84. The number of para-hydroxylation sites is 2. The molecule has 34 heavy (non-hydrogen) atoms. The van der Waals surface area contributed by atoms with E-state index in [0.29, 0.717) is 17.1 Å². The van der Waals surface area contributed by atoms with E-state index in [1.807, 2.05) is 6.07 Å². The minimum atomic E-state index is -0.678. The van der Waals surface area contributed by atoms with Crippen LogP contribution in [0.2, 0.25) is 0 Å². The number of rotatable bonds is 3. The number of hydrogen-bond donors (Lipinski definition) is 2. The first-order valence-corrected chi connectivity index (χ1v) is 10.4. The molecule has 11 heteroatoms. The SMILES string of the molecule is CCOC(=O)C1=C(C)Nc2ccccc2N=C1NC(=O)c1ccc2c(=O)n(C)c(=O)n(C)c2n1. The zero-order chi connectivity index (χ0) is 24.6. The van der Waals surface area contributed by atoms with Gasteiger partial charge >= 0.3 is 11.7 Å². The van der Waals surface area contributed by atoms with Gasteiger partial charge in [-0.2, -0.15) is 0 Å². The van der Waals surface area contributed by atoms with Crippen molar-refractivity contribution in [3.05, 3.63) is 74.2 Å². The molecule has 1 aromatic carbocycles. The Balaban J connectivity index is 1.80. The highest BCUT2D eigenvalue weighted by atomic mass is 16.5. The lowest BCUT2D eigenvalue weighted by molar-refractivity contribution is -0.137. The van der Waals surface area contributed by atoms with Crippen LogP contribution in [0.25, 0.3) is 11.0 Å². The minimum Gasteiger partial charge on any atom is -0.462 e. The van der Waals surface area contributed by atoms with Gasteiger partial charge in [-0.25, -0.2) is 19.6 Å². The number of anilines is 1. The number of aliphatic imine (C=N–C) groups is 1. The van der Waals surface area contributed by atoms with E-state index in [9.17, 15) is 19.2 Å². The maximum atomic E-state index is 13.1. The molecule has 0 saturated heterocycles. The Morgan fingerprint density at radius 3 is 2.56 bits per heavy atom. The number of amides is 1. The molecule has 1 amide bonds. The Morgan fingerprint density at radius 1 is 1.09 bits per heavy atom. The largest absolute Gasteiger partial charge is 0.462 e. The number of amidine groups is 1. The molecular weight excluding hydrogens is 440 g/mol. The van der Waals surface area contributed by atoms with Crippen LogP contribution in [-0.4, -0.2) is 38.4 Å². The molecule has 0 radical (unpaired) electrons. The van der Waals surface area contributed by atoms with Crippen LogP contribution in [0.5, 0.6) is 0 Å². The van der Waals surface area contributed by atoms with Gasteiger partial charge < -0.3 is 15.4 Å². The van der Waals surface area contributed by atoms with Crippen LogP contribution in [0.4, 0.5) is 11.4 Å². The summed E-state index contributed by atoms with van der Waals surface area (Å²) in [5.74, 6) is -1.35. The standard InChI is InChI=1S/C23H22N6O5/c1-5-34-22(32)17-12(2)24-14-8-6-7-9-15(14)25-18(17)27-20(30)16-11-10-13-19(26-16)28(3)23(33)29(4)21(13)31/h6-11,24H,5H2,1-4H3,(H,25,27,30). The average Bonchev–Trinajstić information content (AvgIpc) is 2.96. The summed E-state index contributed by atoms with van der Waals surface area (Å²) in [7, 11) is 2.83. The van der Waals surface area contributed by atoms with Crippen LogP contribution < -0.4 is 21.9 Å². The number of pyridine rings is 1. The normalized spacial score (nSPS) is 13.0. The summed E-state index contributed by atoms with van der Waals surface area (Å²) in [6, 6.07) is 9.92. The molecule has 4 rings (SSSR count). The number of hydrogen-bond acceptors (Lipinski definition) is 8. The van der Waals surface area contributed by atoms with E-state index in [0.717, 1.165) is 4.57 Å². The van der Waals surface area contributed by atoms with Crippen molar-refractivity contribution < 1.29 is 14.3 Å². The molecule has 0 spiro atoms. The van der Waals surface area contributed by atoms with Gasteiger partial charge in [0.25, 0.3) is 11.5 Å². The highest BCUT2D eigenvalue weighted by molar-refractivity contribution is 6.25. The smallest absolute Gasteiger partial charge is 0.343 e. The monoisotopic (exact) mass is 462 g/mol. The molecular formula is C23H22N6O5. The number of benzene rings is 1. The molecule has 0 atom stereocenters. The summed E-state index contributed by atoms with van der Waals surface area (Å²) in [6.07, 6.45) is 0. The fourth-order valence-corrected chi connectivity index (χ4v) is 3.59. The lowest BCUT2D eigenvalue weighted by atomic mass is 10.1. The Bertz CT molecular complexity index is 1530. The summed E-state index contributed by atoms with van der Waals surface area (Å²) in [4.78, 5) is 59.3. The van der Waals surface area contributed by atoms with Gasteiger partial charge in [0.15, 0.2) is 0 Å². The van der Waals surface area contributed by atoms with Crippen molar-refractivity contribution in [2.75, 3.05) is 11.9 Å². The van der Waals surface area contributed by atoms with Crippen LogP contribution in [0.15, 0.2) is 62.2 Å². The third-order valence-corrected chi connectivity index (χ3v) is 5.32. The first-order chi connectivity index (χ1) is 16.2. The number of aromatic nitrogens is 3. The maximum absolute atomic E-state index is 13.1. The predicted molar refractivity (Wildman–Crippen MR) is 126 cm³/mol. The van der Waals surface area contributed by atoms with Gasteiger partial charge in [-0.05, 0) is 38.1 Å². The fraction of sp³-hybridized carbons (Fsp3) is 0.217. The summed E-state index contributed by atoms with van der Waals surface area (Å²) in [5.41, 5.74) is 0.582. The molecule has 0 bridgehead atoms. The molecule has 11 nitrogen and oxygen atoms in total. The van der Waals surface area contributed by atoms with Crippen molar-refractivity contribution in [3.63, 3.8) is 0 Å². The number of carbonyl (C=O) groups excluding carboxylic acids is 2. The highest BCUT2D eigenvalue weighted by Crippen LogP contribution is 2.30. The Morgan fingerprint density at radius 2 is 1.82 bits per heavy atom. The van der Waals surface area contributed by atoms with Crippen molar-refractivity contribution in [2.24, 2.45) is 19.1 Å². The van der Waals surface area contributed by atoms with Crippen LogP contribution in [0, 0.1) is 0 Å². The second kappa shape index (κ2) is 8.77. The number of esters is 1. The summed E-state index contributed by atoms with van der Waals surface area (Å²) in [5, 5.41) is 5.96. The predicted octanol–water partition coefficient (Wildman–Crippen LogP) is 1.35. The number of nitrogens with zero attached hydrogens (tertiary/aromatic N) is 4. The number of allylic oxidation sites excluding steroid dienone is 1. The first-order valence-electron chi connectivity index (χ1n) is 10.4. The summed E-state index contributed by atoms with van der Waals surface area (Å²) >= 11 is 0. The van der Waals surface area contributed by atoms with Crippen LogP contribution in [-0.2, 0) is 23.6 Å². The molecule has 0 aliphatic carbocycles. The molecule has 2 aromatic heterocycles. The quantitative estimate of drug-likeness (QED) is 0.561. The molecule has 0 fully saturated rings. The van der Waals surface area contributed by atoms with Crippen molar-refractivity contribution in [1.29, 1.82) is 0 Å². The van der Waals surface area contributed by atoms with E-state index in [2.05, 4.69) is 20.6 Å². The summed E-state index contributed by atoms with van der Waals surface area (Å²) in [6.45, 7) is 3.49. The van der Waals surface area contributed by atoms with Crippen LogP contribution >= 0.6 is 0 Å². The zero-order valence-electron chi connectivity index (χ0n) is 19.0. The van der Waals surface area contributed by atoms with Gasteiger partial charge in [-0.1, -0.05) is 12.1 Å². The van der Waals surface area contributed by atoms with Gasteiger partial charge in [0.1, 0.15) is 22.7 Å². The van der Waals surface area contributed by atoms with Gasteiger partial charge in [0, 0.05) is 19.8 Å². The molecule has 2 N–H and O–H groups in total. The van der Waals surface area contributed by atoms with Gasteiger partial charge in [0.2, 0.25) is 0 Å². The molecule has 3 aromatic rings. The van der Waals surface area contributed by atoms with Crippen molar-refractivity contribution in [2.45, 2.75) is 13.8 Å². The van der Waals surface area contributed by atoms with Crippen LogP contribution in [0.1, 0.15) is 24.3 Å². The van der Waals surface area contributed by atoms with Crippen LogP contribution in [0.3, 0.4) is 0 Å². The molecule has 0 unspecified atom stereocenters. The van der Waals surface area contributed by atoms with Crippen molar-refractivity contribution in [3.8, 4) is 0 Å². The van der Waals surface area contributed by atoms with Gasteiger partial charge in [-0.15, -0.1) is 0 Å². The summed E-state index contributed by atoms with van der Waals surface area (Å²) < 4.78 is 7.33. The molecule has 1 aliphatic heterocycles. The topological polar surface area (TPSA) is 137 Å². The average molecular weight is 462 g/mol. The third-order valence-electron chi connectivity index (χ3n) is 5.32. The lowest BCUT2D eigenvalue weighted by Gasteiger charge is -2.13. The third kappa shape index (κ3) is 3.87. The van der Waals surface area contributed by atoms with E-state index < -0.39 is 23.1 Å². The number of nitrogens with one attached hydrogen (secondary N) is 2. The van der Waals surface area contributed by atoms with E-state index in [-0.39, 0.29) is 34.7 Å². The number of ether oxygens (including phenoxy) is 1. The minimum absolute atomic E-state index is 0.0156. The number of aryl methyl sites for hydroxylation is 1. The molecule has 0 saturated carbocycles. The van der Waals surface area contributed by atoms with Gasteiger partial charge in [0.05, 0.1) is 23.4 Å². The highest BCUT2D eigenvalue weighted by Gasteiger charge is 2.27. The second-order valence-corrected chi connectivity index (χ2v) is 7.55. The van der Waals surface area contributed by atoms with Gasteiger partial charge in [-0.3, -0.25) is 18.7 Å². The number of fused-ring (bicyclic) bond motifs is 2. The zero-order valence-corrected chi connectivity index (χ0v) is 19.0. The van der Waals surface area contributed by atoms with Crippen molar-refractivity contribution >= 4 is 40.1 Å². The Hall–Kier alpha value is -4.54. The lowest BCUT2D eigenvalue weighted by Crippen LogP contribution is -2.38. The van der Waals surface area contributed by atoms with E-state index in [4.69, 9.17) is 4.74 Å². The molecule has 1 aliphatic rings. The fourth-order valence-electron chi connectivity index (χ4n) is 3.59. The second-order valence-electron chi connectivity index (χ2n) is 7.55. The molecule has 3 heterocycles. The van der Waals surface area contributed by atoms with E-state index in [1.54, 1.807) is 32.0 Å². The number of carbonyl (C=O) groups is 2. The van der Waals surface area contributed by atoms with E-state index in [1.165, 1.54) is 30.8 Å². The first kappa shape index (κ1) is 22.6. The van der Waals surface area contributed by atoms with E-state index >= 15 is 0 Å².